The minimum absolute atomic E-state index is 0. The second kappa shape index (κ2) is 26.4. The van der Waals surface area contributed by atoms with Crippen LogP contribution >= 0.6 is 0 Å². The van der Waals surface area contributed by atoms with E-state index in [1.54, 1.807) is 6.08 Å². The zero-order valence-electron chi connectivity index (χ0n) is 21.0. The molecule has 32 heavy (non-hydrogen) atoms. The van der Waals surface area contributed by atoms with Crippen LogP contribution in [0.1, 0.15) is 135 Å². The van der Waals surface area contributed by atoms with Gasteiger partial charge in [-0.2, -0.15) is 0 Å². The number of rotatable bonds is 24. The summed E-state index contributed by atoms with van der Waals surface area (Å²) >= 11 is 0. The summed E-state index contributed by atoms with van der Waals surface area (Å²) in [7, 11) is -3.65. The fourth-order valence-electron chi connectivity index (χ4n) is 3.74. The molecule has 0 amide bonds. The molecule has 0 fully saturated rings. The molecule has 0 radical (unpaired) electrons. The van der Waals surface area contributed by atoms with E-state index in [1.165, 1.54) is 109 Å². The molecule has 0 spiro atoms. The van der Waals surface area contributed by atoms with Crippen LogP contribution in [0, 0.1) is 0 Å². The summed E-state index contributed by atoms with van der Waals surface area (Å²) in [5.74, 6) is -1.43. The summed E-state index contributed by atoms with van der Waals surface area (Å²) < 4.78 is 24.8. The van der Waals surface area contributed by atoms with Gasteiger partial charge in [-0.05, 0) is 12.8 Å². The number of hydrogen-bond acceptors (Lipinski definition) is 4. The minimum atomic E-state index is -3.65. The SMILES string of the molecule is CCCCCCCCCCCCCCCCCCCCC/C=C/S(=O)(=O)NCC(=O)[O-].[K+]. The number of allylic oxidation sites excluding steroid dienone is 1. The van der Waals surface area contributed by atoms with Crippen molar-refractivity contribution in [2.45, 2.75) is 135 Å². The van der Waals surface area contributed by atoms with E-state index in [4.69, 9.17) is 0 Å². The van der Waals surface area contributed by atoms with Gasteiger partial charge >= 0.3 is 51.4 Å². The second-order valence-corrected chi connectivity index (χ2v) is 10.4. The average molecular weight is 498 g/mol. The van der Waals surface area contributed by atoms with Gasteiger partial charge in [-0.15, -0.1) is 0 Å². The van der Waals surface area contributed by atoms with Gasteiger partial charge in [-0.1, -0.05) is 129 Å². The molecule has 0 unspecified atom stereocenters. The van der Waals surface area contributed by atoms with E-state index in [9.17, 15) is 18.3 Å². The molecule has 0 saturated carbocycles. The van der Waals surface area contributed by atoms with Crippen molar-refractivity contribution in [3.63, 3.8) is 0 Å². The molecule has 7 heteroatoms. The first-order valence-corrected chi connectivity index (χ1v) is 14.4. The average Bonchev–Trinajstić information content (AvgIpc) is 2.73. The number of unbranched alkanes of at least 4 members (excludes halogenated alkanes) is 19. The van der Waals surface area contributed by atoms with Crippen molar-refractivity contribution in [1.82, 2.24) is 4.72 Å². The number of sulfonamides is 1. The Morgan fingerprint density at radius 3 is 1.38 bits per heavy atom. The van der Waals surface area contributed by atoms with Gasteiger partial charge in [0.05, 0.1) is 12.5 Å². The van der Waals surface area contributed by atoms with Gasteiger partial charge in [-0.25, -0.2) is 13.1 Å². The standard InChI is InChI=1S/C25H49NO4S.K/c1-2-3-4-5-6-7-8-9-10-11-12-13-14-15-16-17-18-19-20-21-22-23-31(29,30)26-24-25(27)28;/h22-23,26H,2-21,24H2,1H3,(H,27,28);/q;+1/p-1/b23-22+;. The molecule has 184 valence electrons. The number of carboxylic acids is 1. The molecule has 0 aliphatic rings. The Morgan fingerprint density at radius 1 is 0.688 bits per heavy atom. The first kappa shape index (κ1) is 34.9. The van der Waals surface area contributed by atoms with Crippen LogP contribution in [-0.2, 0) is 14.8 Å². The van der Waals surface area contributed by atoms with Crippen molar-refractivity contribution in [3.8, 4) is 0 Å². The van der Waals surface area contributed by atoms with Crippen LogP contribution < -0.4 is 61.2 Å². The number of hydrogen-bond donors (Lipinski definition) is 1. The molecular weight excluding hydrogens is 449 g/mol. The van der Waals surface area contributed by atoms with Crippen molar-refractivity contribution in [1.29, 1.82) is 0 Å². The molecule has 0 aromatic carbocycles. The smallest absolute Gasteiger partial charge is 0.549 e. The maximum Gasteiger partial charge on any atom is 1.00 e. The minimum Gasteiger partial charge on any atom is -0.549 e. The molecule has 0 saturated heterocycles. The summed E-state index contributed by atoms with van der Waals surface area (Å²) in [4.78, 5) is 10.2. The third-order valence-electron chi connectivity index (χ3n) is 5.67. The van der Waals surface area contributed by atoms with Gasteiger partial charge in [0.25, 0.3) is 0 Å². The molecule has 0 bridgehead atoms. The van der Waals surface area contributed by atoms with Crippen molar-refractivity contribution in [2.75, 3.05) is 6.54 Å². The summed E-state index contributed by atoms with van der Waals surface area (Å²) in [6.45, 7) is 1.58. The van der Waals surface area contributed by atoms with E-state index < -0.39 is 22.5 Å². The normalized spacial score (nSPS) is 11.7. The number of aliphatic carboxylic acids is 1. The fourth-order valence-corrected chi connectivity index (χ4v) is 4.55. The third-order valence-corrected chi connectivity index (χ3v) is 6.76. The summed E-state index contributed by atoms with van der Waals surface area (Å²) in [6, 6.07) is 0. The van der Waals surface area contributed by atoms with Gasteiger partial charge in [0, 0.05) is 5.41 Å². The molecule has 0 aromatic heterocycles. The molecule has 1 N–H and O–H groups in total. The Hall–Kier alpha value is 0.756. The van der Waals surface area contributed by atoms with Gasteiger partial charge in [0.1, 0.15) is 0 Å². The molecule has 0 atom stereocenters. The molecule has 0 rings (SSSR count). The van der Waals surface area contributed by atoms with Gasteiger partial charge in [0.2, 0.25) is 10.0 Å². The first-order chi connectivity index (χ1) is 15.0. The maximum absolute atomic E-state index is 11.4. The molecule has 0 aliphatic carbocycles. The molecule has 0 aromatic rings. The Kier molecular flexibility index (Phi) is 28.8. The van der Waals surface area contributed by atoms with Crippen LogP contribution in [-0.4, -0.2) is 20.9 Å². The third kappa shape index (κ3) is 28.8. The zero-order valence-corrected chi connectivity index (χ0v) is 25.0. The van der Waals surface area contributed by atoms with Crippen LogP contribution in [0.3, 0.4) is 0 Å². The number of carbonyl (C=O) groups excluding carboxylic acids is 1. The maximum atomic E-state index is 11.4. The predicted molar refractivity (Wildman–Crippen MR) is 129 cm³/mol. The second-order valence-electron chi connectivity index (χ2n) is 8.76. The van der Waals surface area contributed by atoms with Crippen LogP contribution in [0.5, 0.6) is 0 Å². The van der Waals surface area contributed by atoms with E-state index in [0.717, 1.165) is 18.2 Å². The molecular formula is C25H48KNO4S. The number of carboxylic acid groups (broad SMARTS) is 1. The quantitative estimate of drug-likeness (QED) is 0.164. The number of carbonyl (C=O) groups is 1. The van der Waals surface area contributed by atoms with Crippen LogP contribution in [0.2, 0.25) is 0 Å². The van der Waals surface area contributed by atoms with E-state index in [-0.39, 0.29) is 51.4 Å². The summed E-state index contributed by atoms with van der Waals surface area (Å²) in [6.07, 6.45) is 27.7. The number of nitrogens with one attached hydrogen (secondary N) is 1. The monoisotopic (exact) mass is 497 g/mol. The van der Waals surface area contributed by atoms with E-state index in [1.807, 2.05) is 4.72 Å². The fraction of sp³-hybridized carbons (Fsp3) is 0.880. The van der Waals surface area contributed by atoms with E-state index >= 15 is 0 Å². The van der Waals surface area contributed by atoms with Crippen molar-refractivity contribution < 1.29 is 69.7 Å². The van der Waals surface area contributed by atoms with Gasteiger partial charge in [0.15, 0.2) is 0 Å². The summed E-state index contributed by atoms with van der Waals surface area (Å²) in [5, 5.41) is 11.3. The van der Waals surface area contributed by atoms with Gasteiger partial charge in [-0.3, -0.25) is 0 Å². The zero-order chi connectivity index (χ0) is 23.0. The van der Waals surface area contributed by atoms with Crippen molar-refractivity contribution in [2.24, 2.45) is 0 Å². The van der Waals surface area contributed by atoms with Crippen LogP contribution in [0.4, 0.5) is 0 Å². The Bertz CT molecular complexity index is 538. The van der Waals surface area contributed by atoms with E-state index in [0.29, 0.717) is 6.42 Å². The van der Waals surface area contributed by atoms with Crippen molar-refractivity contribution >= 4 is 16.0 Å². The van der Waals surface area contributed by atoms with Crippen LogP contribution in [0.25, 0.3) is 0 Å². The van der Waals surface area contributed by atoms with Crippen molar-refractivity contribution in [3.05, 3.63) is 11.5 Å². The molecule has 0 heterocycles. The molecule has 5 nitrogen and oxygen atoms in total. The Labute approximate surface area is 241 Å². The largest absolute Gasteiger partial charge is 1.00 e. The predicted octanol–water partition coefficient (Wildman–Crippen LogP) is 3.00. The van der Waals surface area contributed by atoms with Gasteiger partial charge < -0.3 is 9.90 Å². The Morgan fingerprint density at radius 2 is 1.03 bits per heavy atom. The van der Waals surface area contributed by atoms with Crippen LogP contribution in [0.15, 0.2) is 11.5 Å². The summed E-state index contributed by atoms with van der Waals surface area (Å²) in [5.41, 5.74) is 0. The first-order valence-electron chi connectivity index (χ1n) is 12.8. The van der Waals surface area contributed by atoms with E-state index in [2.05, 4.69) is 6.92 Å². The Balaban J connectivity index is 0. The molecule has 0 aliphatic heterocycles. The topological polar surface area (TPSA) is 86.3 Å².